The summed E-state index contributed by atoms with van der Waals surface area (Å²) >= 11 is 0. The molecule has 0 spiro atoms. The summed E-state index contributed by atoms with van der Waals surface area (Å²) in [5.41, 5.74) is -0.364. The molecule has 0 saturated carbocycles. The molecule has 0 saturated heterocycles. The molecule has 1 amide bonds. The highest BCUT2D eigenvalue weighted by Crippen LogP contribution is 2.36. The van der Waals surface area contributed by atoms with Crippen molar-refractivity contribution in [2.75, 3.05) is 5.32 Å². The van der Waals surface area contributed by atoms with Gasteiger partial charge in [-0.1, -0.05) is 12.1 Å². The van der Waals surface area contributed by atoms with Crippen LogP contribution in [0.3, 0.4) is 0 Å². The van der Waals surface area contributed by atoms with Crippen molar-refractivity contribution in [2.24, 2.45) is 0 Å². The second-order valence-corrected chi connectivity index (χ2v) is 6.62. The van der Waals surface area contributed by atoms with E-state index in [2.05, 4.69) is 15.3 Å². The van der Waals surface area contributed by atoms with E-state index in [1.165, 1.54) is 13.0 Å². The van der Waals surface area contributed by atoms with Crippen LogP contribution in [0.4, 0.5) is 23.2 Å². The Bertz CT molecular complexity index is 1110. The largest absolute Gasteiger partial charge is 0.436 e. The van der Waals surface area contributed by atoms with Crippen molar-refractivity contribution >= 4 is 11.6 Å². The van der Waals surface area contributed by atoms with Crippen molar-refractivity contribution in [3.63, 3.8) is 0 Å². The first-order valence-electron chi connectivity index (χ1n) is 8.82. The number of hydrogen-bond donors (Lipinski definition) is 1. The SMILES string of the molecule is Cc1cccc(NC(=O)c2c(Oc3ccc(F)nc3C)ncc(C(F)(F)F)c2C)c1. The lowest BCUT2D eigenvalue weighted by Gasteiger charge is -2.17. The van der Waals surface area contributed by atoms with Crippen LogP contribution >= 0.6 is 0 Å². The van der Waals surface area contributed by atoms with Crippen molar-refractivity contribution in [3.8, 4) is 11.6 Å². The highest BCUT2D eigenvalue weighted by atomic mass is 19.4. The van der Waals surface area contributed by atoms with Gasteiger partial charge in [0.1, 0.15) is 5.56 Å². The molecule has 0 bridgehead atoms. The van der Waals surface area contributed by atoms with Crippen molar-refractivity contribution < 1.29 is 27.1 Å². The van der Waals surface area contributed by atoms with E-state index in [0.717, 1.165) is 18.6 Å². The van der Waals surface area contributed by atoms with Gasteiger partial charge in [-0.15, -0.1) is 0 Å². The van der Waals surface area contributed by atoms with Crippen LogP contribution in [0, 0.1) is 26.7 Å². The summed E-state index contributed by atoms with van der Waals surface area (Å²) in [5, 5.41) is 2.57. The Labute approximate surface area is 169 Å². The van der Waals surface area contributed by atoms with Gasteiger partial charge >= 0.3 is 6.18 Å². The van der Waals surface area contributed by atoms with Gasteiger partial charge in [0.2, 0.25) is 11.8 Å². The predicted octanol–water partition coefficient (Wildman–Crippen LogP) is 5.60. The van der Waals surface area contributed by atoms with Gasteiger partial charge in [0.05, 0.1) is 11.3 Å². The number of alkyl halides is 3. The number of rotatable bonds is 4. The lowest BCUT2D eigenvalue weighted by atomic mass is 10.0. The summed E-state index contributed by atoms with van der Waals surface area (Å²) in [6.07, 6.45) is -4.11. The molecule has 0 fully saturated rings. The Kier molecular flexibility index (Phi) is 5.73. The zero-order valence-electron chi connectivity index (χ0n) is 16.3. The molecule has 0 atom stereocenters. The standard InChI is InChI=1S/C21H17F4N3O2/c1-11-5-4-6-14(9-11)28-19(29)18-12(2)15(21(23,24)25)10-26-20(18)30-16-7-8-17(22)27-13(16)3/h4-10H,1-3H3,(H,28,29). The predicted molar refractivity (Wildman–Crippen MR) is 102 cm³/mol. The number of aryl methyl sites for hydroxylation is 2. The molecular formula is C21H17F4N3O2. The van der Waals surface area contributed by atoms with Crippen molar-refractivity contribution in [1.82, 2.24) is 9.97 Å². The average Bonchev–Trinajstić information content (AvgIpc) is 2.63. The third kappa shape index (κ3) is 4.56. The molecule has 2 heterocycles. The average molecular weight is 419 g/mol. The Hall–Kier alpha value is -3.49. The van der Waals surface area contributed by atoms with Crippen LogP contribution in [0.25, 0.3) is 0 Å². The van der Waals surface area contributed by atoms with Crippen LogP contribution in [0.2, 0.25) is 0 Å². The zero-order valence-corrected chi connectivity index (χ0v) is 16.3. The van der Waals surface area contributed by atoms with Crippen molar-refractivity contribution in [1.29, 1.82) is 0 Å². The van der Waals surface area contributed by atoms with E-state index in [-0.39, 0.29) is 28.5 Å². The van der Waals surface area contributed by atoms with Gasteiger partial charge in [-0.2, -0.15) is 17.6 Å². The number of halogens is 4. The molecule has 3 aromatic rings. The van der Waals surface area contributed by atoms with Crippen LogP contribution in [-0.4, -0.2) is 15.9 Å². The van der Waals surface area contributed by atoms with Gasteiger partial charge in [0.15, 0.2) is 5.75 Å². The van der Waals surface area contributed by atoms with Crippen molar-refractivity contribution in [2.45, 2.75) is 26.9 Å². The van der Waals surface area contributed by atoms with Crippen LogP contribution in [-0.2, 0) is 6.18 Å². The molecule has 0 aliphatic heterocycles. The molecule has 3 rings (SSSR count). The number of carbonyl (C=O) groups excluding carboxylic acids is 1. The van der Waals surface area contributed by atoms with E-state index >= 15 is 0 Å². The second kappa shape index (κ2) is 8.10. The summed E-state index contributed by atoms with van der Waals surface area (Å²) in [5.74, 6) is -1.84. The molecule has 2 aromatic heterocycles. The van der Waals surface area contributed by atoms with E-state index in [1.54, 1.807) is 18.2 Å². The highest BCUT2D eigenvalue weighted by Gasteiger charge is 2.36. The quantitative estimate of drug-likeness (QED) is 0.441. The first kappa shape index (κ1) is 21.2. The minimum absolute atomic E-state index is 0.0627. The Morgan fingerprint density at radius 1 is 1.10 bits per heavy atom. The lowest BCUT2D eigenvalue weighted by molar-refractivity contribution is -0.138. The van der Waals surface area contributed by atoms with E-state index in [9.17, 15) is 22.4 Å². The Morgan fingerprint density at radius 2 is 1.83 bits per heavy atom. The van der Waals surface area contributed by atoms with Crippen molar-refractivity contribution in [3.05, 3.63) is 76.5 Å². The van der Waals surface area contributed by atoms with Crippen LogP contribution in [0.15, 0.2) is 42.6 Å². The van der Waals surface area contributed by atoms with Crippen LogP contribution in [0.5, 0.6) is 11.6 Å². The summed E-state index contributed by atoms with van der Waals surface area (Å²) in [6, 6.07) is 9.08. The number of nitrogens with zero attached hydrogens (tertiary/aromatic N) is 2. The van der Waals surface area contributed by atoms with Crippen LogP contribution < -0.4 is 10.1 Å². The number of anilines is 1. The third-order valence-corrected chi connectivity index (χ3v) is 4.32. The summed E-state index contributed by atoms with van der Waals surface area (Å²) in [7, 11) is 0. The summed E-state index contributed by atoms with van der Waals surface area (Å²) < 4.78 is 58.9. The minimum Gasteiger partial charge on any atom is -0.436 e. The van der Waals surface area contributed by atoms with Gasteiger partial charge in [0.25, 0.3) is 5.91 Å². The summed E-state index contributed by atoms with van der Waals surface area (Å²) in [6.45, 7) is 4.44. The molecule has 0 unspecified atom stereocenters. The van der Waals surface area contributed by atoms with Gasteiger partial charge in [-0.25, -0.2) is 9.97 Å². The van der Waals surface area contributed by atoms with E-state index in [1.807, 2.05) is 13.0 Å². The fraction of sp³-hybridized carbons (Fsp3) is 0.190. The molecular weight excluding hydrogens is 402 g/mol. The molecule has 1 N–H and O–H groups in total. The Balaban J connectivity index is 2.08. The normalized spacial score (nSPS) is 11.3. The van der Waals surface area contributed by atoms with E-state index < -0.39 is 23.6 Å². The number of carbonyl (C=O) groups is 1. The number of amides is 1. The monoisotopic (exact) mass is 419 g/mol. The number of pyridine rings is 2. The second-order valence-electron chi connectivity index (χ2n) is 6.62. The topological polar surface area (TPSA) is 64.1 Å². The molecule has 0 aliphatic carbocycles. The highest BCUT2D eigenvalue weighted by molar-refractivity contribution is 6.07. The number of ether oxygens (including phenoxy) is 1. The first-order chi connectivity index (χ1) is 14.1. The maximum atomic E-state index is 13.4. The van der Waals surface area contributed by atoms with Gasteiger partial charge < -0.3 is 10.1 Å². The molecule has 156 valence electrons. The number of hydrogen-bond acceptors (Lipinski definition) is 4. The molecule has 0 radical (unpaired) electrons. The smallest absolute Gasteiger partial charge is 0.418 e. The molecule has 0 aliphatic rings. The molecule has 30 heavy (non-hydrogen) atoms. The minimum atomic E-state index is -4.71. The summed E-state index contributed by atoms with van der Waals surface area (Å²) in [4.78, 5) is 20.2. The number of nitrogens with one attached hydrogen (secondary N) is 1. The lowest BCUT2D eigenvalue weighted by Crippen LogP contribution is -2.19. The maximum absolute atomic E-state index is 13.4. The fourth-order valence-corrected chi connectivity index (χ4v) is 2.86. The van der Waals surface area contributed by atoms with Crippen LogP contribution in [0.1, 0.15) is 32.7 Å². The number of aromatic nitrogens is 2. The molecule has 1 aromatic carbocycles. The fourth-order valence-electron chi connectivity index (χ4n) is 2.86. The number of benzene rings is 1. The molecule has 9 heteroatoms. The van der Waals surface area contributed by atoms with E-state index in [4.69, 9.17) is 4.74 Å². The maximum Gasteiger partial charge on any atom is 0.418 e. The Morgan fingerprint density at radius 3 is 2.47 bits per heavy atom. The molecule has 5 nitrogen and oxygen atoms in total. The van der Waals surface area contributed by atoms with Gasteiger partial charge in [0, 0.05) is 11.9 Å². The van der Waals surface area contributed by atoms with Gasteiger partial charge in [-0.3, -0.25) is 4.79 Å². The zero-order chi connectivity index (χ0) is 22.1. The third-order valence-electron chi connectivity index (χ3n) is 4.32. The van der Waals surface area contributed by atoms with Gasteiger partial charge in [-0.05, 0) is 56.2 Å². The first-order valence-corrected chi connectivity index (χ1v) is 8.82. The van der Waals surface area contributed by atoms with E-state index in [0.29, 0.717) is 11.9 Å².